The third kappa shape index (κ3) is 2.15. The Hall–Kier alpha value is -1.58. The molecule has 86 valence electrons. The summed E-state index contributed by atoms with van der Waals surface area (Å²) in [5, 5.41) is 0. The van der Waals surface area contributed by atoms with Crippen molar-refractivity contribution in [1.29, 1.82) is 0 Å². The normalized spacial score (nSPS) is 11.2. The summed E-state index contributed by atoms with van der Waals surface area (Å²) in [6.45, 7) is 4.40. The highest BCUT2D eigenvalue weighted by atomic mass is 15.0. The first kappa shape index (κ1) is 10.9. The van der Waals surface area contributed by atoms with Gasteiger partial charge in [-0.05, 0) is 12.3 Å². The Kier molecular flexibility index (Phi) is 3.08. The van der Waals surface area contributed by atoms with Gasteiger partial charge in [-0.15, -0.1) is 0 Å². The van der Waals surface area contributed by atoms with Crippen LogP contribution in [0.1, 0.15) is 37.0 Å². The van der Waals surface area contributed by atoms with Gasteiger partial charge in [-0.3, -0.25) is 0 Å². The lowest BCUT2D eigenvalue weighted by molar-refractivity contribution is 0.721. The van der Waals surface area contributed by atoms with Crippen molar-refractivity contribution < 1.29 is 0 Å². The molecule has 0 aliphatic heterocycles. The molecule has 0 fully saturated rings. The second-order valence-electron chi connectivity index (χ2n) is 4.38. The lowest BCUT2D eigenvalue weighted by Gasteiger charge is -2.08. The molecule has 0 unspecified atom stereocenters. The first-order chi connectivity index (χ1) is 7.68. The van der Waals surface area contributed by atoms with Gasteiger partial charge in [0.05, 0.1) is 12.0 Å². The van der Waals surface area contributed by atoms with Crippen LogP contribution in [0, 0.1) is 0 Å². The van der Waals surface area contributed by atoms with Crippen molar-refractivity contribution in [2.75, 3.05) is 0 Å². The molecule has 2 aromatic heterocycles. The van der Waals surface area contributed by atoms with Gasteiger partial charge in [-0.2, -0.15) is 0 Å². The second-order valence-corrected chi connectivity index (χ2v) is 4.38. The average molecular weight is 218 g/mol. The molecular formula is C12H18N4. The summed E-state index contributed by atoms with van der Waals surface area (Å²) >= 11 is 0. The molecule has 0 spiro atoms. The number of aromatic nitrogens is 4. The molecule has 0 amide bonds. The van der Waals surface area contributed by atoms with E-state index in [2.05, 4.69) is 40.4 Å². The van der Waals surface area contributed by atoms with Crippen LogP contribution in [0.3, 0.4) is 0 Å². The van der Waals surface area contributed by atoms with Crippen LogP contribution in [0.5, 0.6) is 0 Å². The highest BCUT2D eigenvalue weighted by Gasteiger charge is 2.12. The Balaban J connectivity index is 2.10. The maximum absolute atomic E-state index is 4.46. The molecule has 2 rings (SSSR count). The van der Waals surface area contributed by atoms with E-state index in [0.717, 1.165) is 18.7 Å². The van der Waals surface area contributed by atoms with Gasteiger partial charge in [0.15, 0.2) is 0 Å². The van der Waals surface area contributed by atoms with Crippen molar-refractivity contribution in [3.8, 4) is 0 Å². The van der Waals surface area contributed by atoms with Crippen LogP contribution in [0.2, 0.25) is 0 Å². The fourth-order valence-electron chi connectivity index (χ4n) is 2.09. The van der Waals surface area contributed by atoms with Gasteiger partial charge in [0.1, 0.15) is 5.82 Å². The van der Waals surface area contributed by atoms with Crippen molar-refractivity contribution in [3.05, 3.63) is 35.9 Å². The van der Waals surface area contributed by atoms with Crippen LogP contribution in [0.25, 0.3) is 0 Å². The molecule has 4 nitrogen and oxygen atoms in total. The van der Waals surface area contributed by atoms with E-state index in [1.54, 1.807) is 6.20 Å². The molecule has 4 heteroatoms. The summed E-state index contributed by atoms with van der Waals surface area (Å²) in [5.74, 6) is 1.54. The third-order valence-electron chi connectivity index (χ3n) is 2.76. The number of aryl methyl sites for hydroxylation is 3. The number of nitrogens with one attached hydrogen (secondary N) is 1. The number of aromatic amines is 1. The van der Waals surface area contributed by atoms with Crippen LogP contribution in [-0.2, 0) is 19.9 Å². The van der Waals surface area contributed by atoms with Crippen molar-refractivity contribution in [3.63, 3.8) is 0 Å². The van der Waals surface area contributed by atoms with E-state index in [4.69, 9.17) is 0 Å². The smallest absolute Gasteiger partial charge is 0.106 e. The molecule has 0 saturated carbocycles. The second kappa shape index (κ2) is 4.51. The molecular weight excluding hydrogens is 200 g/mol. The van der Waals surface area contributed by atoms with Gasteiger partial charge in [0, 0.05) is 31.6 Å². The molecule has 0 aliphatic carbocycles. The topological polar surface area (TPSA) is 46.5 Å². The number of H-pyrrole nitrogens is 1. The quantitative estimate of drug-likeness (QED) is 0.853. The zero-order chi connectivity index (χ0) is 11.5. The maximum Gasteiger partial charge on any atom is 0.106 e. The van der Waals surface area contributed by atoms with E-state index in [9.17, 15) is 0 Å². The van der Waals surface area contributed by atoms with Gasteiger partial charge in [-0.25, -0.2) is 9.97 Å². The Morgan fingerprint density at radius 3 is 2.75 bits per heavy atom. The SMILES string of the molecule is CC(C)c1c(CCc2ncc[nH]2)ncn1C. The molecule has 1 N–H and O–H groups in total. The molecule has 0 aliphatic rings. The van der Waals surface area contributed by atoms with Gasteiger partial charge in [0.25, 0.3) is 0 Å². The monoisotopic (exact) mass is 218 g/mol. The van der Waals surface area contributed by atoms with Crippen LogP contribution in [-0.4, -0.2) is 19.5 Å². The minimum absolute atomic E-state index is 0.513. The zero-order valence-corrected chi connectivity index (χ0v) is 10.1. The predicted molar refractivity (Wildman–Crippen MR) is 63.3 cm³/mol. The summed E-state index contributed by atoms with van der Waals surface area (Å²) in [6, 6.07) is 0. The highest BCUT2D eigenvalue weighted by molar-refractivity contribution is 5.17. The predicted octanol–water partition coefficient (Wildman–Crippen LogP) is 2.05. The standard InChI is InChI=1S/C12H18N4/c1-9(2)12-10(15-8-16(12)3)4-5-11-13-6-7-14-11/h6-9H,4-5H2,1-3H3,(H,13,14). The summed E-state index contributed by atoms with van der Waals surface area (Å²) in [7, 11) is 2.05. The number of hydrogen-bond acceptors (Lipinski definition) is 2. The van der Waals surface area contributed by atoms with E-state index >= 15 is 0 Å². The molecule has 16 heavy (non-hydrogen) atoms. The largest absolute Gasteiger partial charge is 0.349 e. The summed E-state index contributed by atoms with van der Waals surface area (Å²) in [5.41, 5.74) is 2.51. The lowest BCUT2D eigenvalue weighted by atomic mass is 10.1. The van der Waals surface area contributed by atoms with Crippen molar-refractivity contribution in [1.82, 2.24) is 19.5 Å². The molecule has 0 saturated heterocycles. The Labute approximate surface area is 95.7 Å². The van der Waals surface area contributed by atoms with Gasteiger partial charge in [-0.1, -0.05) is 13.8 Å². The van der Waals surface area contributed by atoms with Crippen LogP contribution in [0.15, 0.2) is 18.7 Å². The number of imidazole rings is 2. The Bertz CT molecular complexity index is 440. The van der Waals surface area contributed by atoms with E-state index < -0.39 is 0 Å². The van der Waals surface area contributed by atoms with E-state index in [1.165, 1.54) is 11.4 Å². The number of rotatable bonds is 4. The maximum atomic E-state index is 4.46. The molecule has 0 radical (unpaired) electrons. The van der Waals surface area contributed by atoms with Gasteiger partial charge < -0.3 is 9.55 Å². The average Bonchev–Trinajstić information content (AvgIpc) is 2.83. The molecule has 0 aromatic carbocycles. The lowest BCUT2D eigenvalue weighted by Crippen LogP contribution is -2.03. The van der Waals surface area contributed by atoms with Gasteiger partial charge in [0.2, 0.25) is 0 Å². The molecule has 2 heterocycles. The zero-order valence-electron chi connectivity index (χ0n) is 10.1. The van der Waals surface area contributed by atoms with Gasteiger partial charge >= 0.3 is 0 Å². The molecule has 2 aromatic rings. The molecule has 0 bridgehead atoms. The minimum atomic E-state index is 0.513. The first-order valence-electron chi connectivity index (χ1n) is 5.67. The highest BCUT2D eigenvalue weighted by Crippen LogP contribution is 2.18. The summed E-state index contributed by atoms with van der Waals surface area (Å²) in [6.07, 6.45) is 7.41. The van der Waals surface area contributed by atoms with Crippen molar-refractivity contribution in [2.45, 2.75) is 32.6 Å². The number of hydrogen-bond donors (Lipinski definition) is 1. The first-order valence-corrected chi connectivity index (χ1v) is 5.67. The van der Waals surface area contributed by atoms with Crippen molar-refractivity contribution >= 4 is 0 Å². The van der Waals surface area contributed by atoms with E-state index in [1.807, 2.05) is 12.5 Å². The fraction of sp³-hybridized carbons (Fsp3) is 0.500. The summed E-state index contributed by atoms with van der Waals surface area (Å²) < 4.78 is 2.11. The number of nitrogens with zero attached hydrogens (tertiary/aromatic N) is 3. The Morgan fingerprint density at radius 2 is 2.12 bits per heavy atom. The summed E-state index contributed by atoms with van der Waals surface area (Å²) in [4.78, 5) is 11.8. The van der Waals surface area contributed by atoms with E-state index in [0.29, 0.717) is 5.92 Å². The minimum Gasteiger partial charge on any atom is -0.349 e. The van der Waals surface area contributed by atoms with Crippen LogP contribution in [0.4, 0.5) is 0 Å². The van der Waals surface area contributed by atoms with E-state index in [-0.39, 0.29) is 0 Å². The van der Waals surface area contributed by atoms with Crippen LogP contribution >= 0.6 is 0 Å². The molecule has 0 atom stereocenters. The van der Waals surface area contributed by atoms with Crippen molar-refractivity contribution in [2.24, 2.45) is 7.05 Å². The Morgan fingerprint density at radius 1 is 1.31 bits per heavy atom. The fourth-order valence-corrected chi connectivity index (χ4v) is 2.09. The third-order valence-corrected chi connectivity index (χ3v) is 2.76. The van der Waals surface area contributed by atoms with Crippen LogP contribution < -0.4 is 0 Å².